The first-order valence-corrected chi connectivity index (χ1v) is 7.43. The van der Waals surface area contributed by atoms with E-state index in [0.717, 1.165) is 0 Å². The highest BCUT2D eigenvalue weighted by atomic mass is 16.6. The Morgan fingerprint density at radius 1 is 1.17 bits per heavy atom. The molecule has 0 saturated carbocycles. The average molecular weight is 329 g/mol. The largest absolute Gasteiger partial charge is 0.371 e. The molecule has 0 bridgehead atoms. The normalized spacial score (nSPS) is 22.2. The summed E-state index contributed by atoms with van der Waals surface area (Å²) in [6.07, 6.45) is -0.212. The van der Waals surface area contributed by atoms with Gasteiger partial charge in [-0.3, -0.25) is 4.79 Å². The molecule has 2 atom stereocenters. The number of carbonyl (C=O) groups excluding carboxylic acids is 1. The van der Waals surface area contributed by atoms with Crippen LogP contribution in [-0.2, 0) is 16.0 Å². The molecule has 1 aromatic rings. The summed E-state index contributed by atoms with van der Waals surface area (Å²) in [5.74, 6) is -0.200. The molecule has 0 radical (unpaired) electrons. The number of fused-ring (bicyclic) bond motifs is 1. The highest BCUT2D eigenvalue weighted by Crippen LogP contribution is 2.25. The molecule has 1 aromatic carbocycles. The molecule has 0 unspecified atom stereocenters. The molecule has 24 heavy (non-hydrogen) atoms. The highest BCUT2D eigenvalue weighted by Gasteiger charge is 2.38. The molecule has 0 N–H and O–H groups in total. The highest BCUT2D eigenvalue weighted by molar-refractivity contribution is 5.95. The van der Waals surface area contributed by atoms with E-state index in [0.29, 0.717) is 43.1 Å². The van der Waals surface area contributed by atoms with Gasteiger partial charge in [-0.1, -0.05) is 10.2 Å². The van der Waals surface area contributed by atoms with Crippen molar-refractivity contribution in [3.05, 3.63) is 50.2 Å². The second-order valence-corrected chi connectivity index (χ2v) is 5.50. The monoisotopic (exact) mass is 329 g/mol. The standard InChI is InChI=1S/C14H15N7O3/c15-19-17-6-9-3-10(5-11(4-9)18-20-16)14(22)21-7-12-13(8-21)24-2-1-23-12/h3-5,12-13H,1-2,6-8H2/t12-,13+. The Morgan fingerprint density at radius 3 is 2.50 bits per heavy atom. The lowest BCUT2D eigenvalue weighted by Gasteiger charge is -2.24. The number of benzene rings is 1. The number of azide groups is 2. The van der Waals surface area contributed by atoms with Gasteiger partial charge in [0, 0.05) is 34.2 Å². The summed E-state index contributed by atoms with van der Waals surface area (Å²) in [5, 5.41) is 7.02. The molecule has 124 valence electrons. The third kappa shape index (κ3) is 3.42. The molecule has 2 fully saturated rings. The summed E-state index contributed by atoms with van der Waals surface area (Å²) >= 11 is 0. The van der Waals surface area contributed by atoms with Crippen molar-refractivity contribution in [3.8, 4) is 0 Å². The minimum absolute atomic E-state index is 0.0725. The van der Waals surface area contributed by atoms with Crippen molar-refractivity contribution in [3.63, 3.8) is 0 Å². The predicted octanol–water partition coefficient (Wildman–Crippen LogP) is 2.68. The van der Waals surface area contributed by atoms with E-state index in [1.54, 1.807) is 17.0 Å². The maximum atomic E-state index is 12.7. The molecular weight excluding hydrogens is 314 g/mol. The SMILES string of the molecule is [N-]=[N+]=NCc1cc(N=[N+]=[N-])cc(C(=O)N2C[C@@H]3OCCO[C@@H]3C2)c1. The van der Waals surface area contributed by atoms with Crippen LogP contribution in [0.2, 0.25) is 0 Å². The molecule has 2 aliphatic heterocycles. The smallest absolute Gasteiger partial charge is 0.254 e. The summed E-state index contributed by atoms with van der Waals surface area (Å²) in [6, 6.07) is 4.74. The van der Waals surface area contributed by atoms with E-state index in [1.165, 1.54) is 6.07 Å². The number of ether oxygens (including phenoxy) is 2. The molecule has 0 aromatic heterocycles. The van der Waals surface area contributed by atoms with Gasteiger partial charge in [-0.15, -0.1) is 0 Å². The quantitative estimate of drug-likeness (QED) is 0.477. The maximum Gasteiger partial charge on any atom is 0.254 e. The first-order valence-electron chi connectivity index (χ1n) is 7.43. The summed E-state index contributed by atoms with van der Waals surface area (Å²) < 4.78 is 11.2. The van der Waals surface area contributed by atoms with Gasteiger partial charge in [0.25, 0.3) is 5.91 Å². The number of amides is 1. The Hall–Kier alpha value is -2.77. The molecule has 2 heterocycles. The molecule has 2 saturated heterocycles. The topological polar surface area (TPSA) is 136 Å². The van der Waals surface area contributed by atoms with Gasteiger partial charge in [-0.25, -0.2) is 0 Å². The van der Waals surface area contributed by atoms with Crippen molar-refractivity contribution < 1.29 is 14.3 Å². The predicted molar refractivity (Wildman–Crippen MR) is 83.5 cm³/mol. The van der Waals surface area contributed by atoms with Crippen LogP contribution in [0, 0.1) is 0 Å². The fraction of sp³-hybridized carbons (Fsp3) is 0.500. The lowest BCUT2D eigenvalue weighted by Crippen LogP contribution is -2.36. The van der Waals surface area contributed by atoms with E-state index in [4.69, 9.17) is 20.5 Å². The molecule has 10 heteroatoms. The third-order valence-corrected chi connectivity index (χ3v) is 3.95. The van der Waals surface area contributed by atoms with Gasteiger partial charge in [-0.05, 0) is 34.8 Å². The zero-order valence-corrected chi connectivity index (χ0v) is 12.8. The molecule has 0 aliphatic carbocycles. The first kappa shape index (κ1) is 16.1. The van der Waals surface area contributed by atoms with Crippen LogP contribution in [0.15, 0.2) is 28.4 Å². The molecule has 1 amide bonds. The fourth-order valence-corrected chi connectivity index (χ4v) is 2.92. The summed E-state index contributed by atoms with van der Waals surface area (Å²) in [4.78, 5) is 19.9. The van der Waals surface area contributed by atoms with Crippen LogP contribution < -0.4 is 0 Å². The van der Waals surface area contributed by atoms with Crippen molar-refractivity contribution in [2.75, 3.05) is 26.3 Å². The van der Waals surface area contributed by atoms with Crippen molar-refractivity contribution in [2.45, 2.75) is 18.8 Å². The van der Waals surface area contributed by atoms with Gasteiger partial charge in [0.15, 0.2) is 0 Å². The van der Waals surface area contributed by atoms with E-state index >= 15 is 0 Å². The minimum Gasteiger partial charge on any atom is -0.371 e. The second-order valence-electron chi connectivity index (χ2n) is 5.50. The van der Waals surface area contributed by atoms with Crippen LogP contribution in [0.3, 0.4) is 0 Å². The number of hydrogen-bond donors (Lipinski definition) is 0. The summed E-state index contributed by atoms with van der Waals surface area (Å²) in [6.45, 7) is 2.06. The Kier molecular flexibility index (Phi) is 4.83. The Balaban J connectivity index is 1.84. The number of likely N-dealkylation sites (tertiary alicyclic amines) is 1. The van der Waals surface area contributed by atoms with E-state index < -0.39 is 0 Å². The Labute approximate surface area is 137 Å². The first-order chi connectivity index (χ1) is 11.7. The van der Waals surface area contributed by atoms with Crippen LogP contribution in [0.25, 0.3) is 20.9 Å². The maximum absolute atomic E-state index is 12.7. The van der Waals surface area contributed by atoms with Crippen LogP contribution in [-0.4, -0.2) is 49.3 Å². The van der Waals surface area contributed by atoms with E-state index in [9.17, 15) is 4.79 Å². The lowest BCUT2D eigenvalue weighted by atomic mass is 10.1. The minimum atomic E-state index is -0.200. The number of rotatable bonds is 4. The Bertz CT molecular complexity index is 726. The number of carbonyl (C=O) groups is 1. The molecule has 2 aliphatic rings. The second kappa shape index (κ2) is 7.20. The molecule has 3 rings (SSSR count). The van der Waals surface area contributed by atoms with Crippen molar-refractivity contribution in [1.82, 2.24) is 4.90 Å². The van der Waals surface area contributed by atoms with Gasteiger partial charge < -0.3 is 14.4 Å². The number of nitrogens with zero attached hydrogens (tertiary/aromatic N) is 7. The average Bonchev–Trinajstić information content (AvgIpc) is 3.03. The van der Waals surface area contributed by atoms with Crippen LogP contribution in [0.4, 0.5) is 5.69 Å². The van der Waals surface area contributed by atoms with Gasteiger partial charge in [-0.2, -0.15) is 0 Å². The molecule has 0 spiro atoms. The van der Waals surface area contributed by atoms with Crippen LogP contribution in [0.1, 0.15) is 15.9 Å². The molecule has 10 nitrogen and oxygen atoms in total. The van der Waals surface area contributed by atoms with Crippen LogP contribution in [0.5, 0.6) is 0 Å². The Morgan fingerprint density at radius 2 is 1.88 bits per heavy atom. The summed E-state index contributed by atoms with van der Waals surface area (Å²) in [5.41, 5.74) is 18.3. The summed E-state index contributed by atoms with van der Waals surface area (Å²) in [7, 11) is 0. The zero-order valence-electron chi connectivity index (χ0n) is 12.8. The number of hydrogen-bond acceptors (Lipinski definition) is 5. The van der Waals surface area contributed by atoms with Crippen molar-refractivity contribution in [2.24, 2.45) is 10.2 Å². The van der Waals surface area contributed by atoms with Gasteiger partial charge in [0.2, 0.25) is 0 Å². The van der Waals surface area contributed by atoms with E-state index in [1.807, 2.05) is 0 Å². The van der Waals surface area contributed by atoms with Crippen LogP contribution >= 0.6 is 0 Å². The van der Waals surface area contributed by atoms with Crippen molar-refractivity contribution in [1.29, 1.82) is 0 Å². The van der Waals surface area contributed by atoms with Gasteiger partial charge in [0.1, 0.15) is 12.2 Å². The van der Waals surface area contributed by atoms with Crippen molar-refractivity contribution >= 4 is 11.6 Å². The lowest BCUT2D eigenvalue weighted by molar-refractivity contribution is -0.116. The van der Waals surface area contributed by atoms with Gasteiger partial charge in [0.05, 0.1) is 19.8 Å². The van der Waals surface area contributed by atoms with E-state index in [2.05, 4.69) is 20.1 Å². The zero-order chi connectivity index (χ0) is 16.9. The van der Waals surface area contributed by atoms with E-state index in [-0.39, 0.29) is 24.7 Å². The third-order valence-electron chi connectivity index (χ3n) is 3.95. The molecular formula is C14H15N7O3. The van der Waals surface area contributed by atoms with Gasteiger partial charge >= 0.3 is 0 Å². The fourth-order valence-electron chi connectivity index (χ4n) is 2.92.